The number of thiophene rings is 2. The van der Waals surface area contributed by atoms with Crippen LogP contribution in [0.3, 0.4) is 0 Å². The van der Waals surface area contributed by atoms with Gasteiger partial charge in [0.25, 0.3) is 5.70 Å². The van der Waals surface area contributed by atoms with Gasteiger partial charge in [0.1, 0.15) is 0 Å². The molecule has 0 saturated heterocycles. The lowest BCUT2D eigenvalue weighted by Crippen LogP contribution is -1.79. The van der Waals surface area contributed by atoms with Gasteiger partial charge in [-0.1, -0.05) is 0 Å². The zero-order chi connectivity index (χ0) is 13.1. The highest BCUT2D eigenvalue weighted by molar-refractivity contribution is 8.00. The summed E-state index contributed by atoms with van der Waals surface area (Å²) in [6, 6.07) is 7.67. The van der Waals surface area contributed by atoms with Crippen molar-refractivity contribution in [2.75, 3.05) is 6.26 Å². The number of rotatable bonds is 2. The van der Waals surface area contributed by atoms with Gasteiger partial charge >= 0.3 is 0 Å². The molecule has 6 heteroatoms. The molecule has 2 aromatic rings. The van der Waals surface area contributed by atoms with Crippen LogP contribution in [0.15, 0.2) is 22.0 Å². The summed E-state index contributed by atoms with van der Waals surface area (Å²) in [5, 5.41) is 17.9. The first-order valence-corrected chi connectivity index (χ1v) is 7.59. The van der Waals surface area contributed by atoms with Crippen LogP contribution >= 0.6 is 34.4 Å². The van der Waals surface area contributed by atoms with Gasteiger partial charge in [0, 0.05) is 14.3 Å². The molecule has 86 valence electrons. The minimum absolute atomic E-state index is 0.142. The SMILES string of the molecule is [C-]#[N+]C(C#N)=C(C#N)c1cc2sc(SC)cc2s1. The predicted octanol–water partition coefficient (Wildman–Crippen LogP) is 4.36. The average molecular weight is 287 g/mol. The molecule has 0 aliphatic carbocycles. The summed E-state index contributed by atoms with van der Waals surface area (Å²) in [5.41, 5.74) is 0.0306. The molecule has 0 aliphatic heterocycles. The van der Waals surface area contributed by atoms with Crippen molar-refractivity contribution in [3.05, 3.63) is 34.1 Å². The van der Waals surface area contributed by atoms with E-state index in [0.717, 1.165) is 9.40 Å². The van der Waals surface area contributed by atoms with Crippen molar-refractivity contribution in [2.24, 2.45) is 0 Å². The fourth-order valence-electron chi connectivity index (χ4n) is 1.40. The lowest BCUT2D eigenvalue weighted by molar-refractivity contribution is 1.49. The molecule has 0 aliphatic rings. The Kier molecular flexibility index (Phi) is 3.69. The second-order valence-corrected chi connectivity index (χ2v) is 6.44. The Balaban J connectivity index is 2.59. The van der Waals surface area contributed by atoms with Crippen molar-refractivity contribution in [1.82, 2.24) is 0 Å². The minimum Gasteiger partial charge on any atom is -0.225 e. The molecule has 0 radical (unpaired) electrons. The monoisotopic (exact) mass is 287 g/mol. The van der Waals surface area contributed by atoms with Crippen molar-refractivity contribution in [3.8, 4) is 12.1 Å². The third-order valence-corrected chi connectivity index (χ3v) is 5.57. The second-order valence-electron chi connectivity index (χ2n) is 3.17. The van der Waals surface area contributed by atoms with Crippen LogP contribution in [0.1, 0.15) is 4.88 Å². The Morgan fingerprint density at radius 1 is 1.28 bits per heavy atom. The number of fused-ring (bicyclic) bond motifs is 1. The Bertz CT molecular complexity index is 712. The van der Waals surface area contributed by atoms with E-state index in [1.54, 1.807) is 29.2 Å². The van der Waals surface area contributed by atoms with Gasteiger partial charge in [-0.15, -0.1) is 34.4 Å². The third kappa shape index (κ3) is 2.12. The van der Waals surface area contributed by atoms with Gasteiger partial charge in [0.15, 0.2) is 0 Å². The Morgan fingerprint density at radius 3 is 2.50 bits per heavy atom. The summed E-state index contributed by atoms with van der Waals surface area (Å²) >= 11 is 4.78. The summed E-state index contributed by atoms with van der Waals surface area (Å²) in [7, 11) is 0. The zero-order valence-corrected chi connectivity index (χ0v) is 11.7. The summed E-state index contributed by atoms with van der Waals surface area (Å²) in [6.07, 6.45) is 2.02. The quantitative estimate of drug-likeness (QED) is 0.468. The molecule has 18 heavy (non-hydrogen) atoms. The smallest absolute Gasteiger partial charge is 0.225 e. The van der Waals surface area contributed by atoms with Gasteiger partial charge in [-0.25, -0.2) is 10.1 Å². The van der Waals surface area contributed by atoms with Crippen LogP contribution in [0.25, 0.3) is 19.8 Å². The topological polar surface area (TPSA) is 51.9 Å². The number of nitriles is 2. The lowest BCUT2D eigenvalue weighted by Gasteiger charge is -1.92. The molecule has 0 spiro atoms. The van der Waals surface area contributed by atoms with E-state index >= 15 is 0 Å². The van der Waals surface area contributed by atoms with E-state index in [4.69, 9.17) is 17.1 Å². The van der Waals surface area contributed by atoms with Gasteiger partial charge in [0.05, 0.1) is 28.5 Å². The van der Waals surface area contributed by atoms with Gasteiger partial charge in [-0.2, -0.15) is 5.26 Å². The molecule has 0 saturated carbocycles. The molecular formula is C12H5N3S3. The maximum Gasteiger partial charge on any atom is 0.280 e. The van der Waals surface area contributed by atoms with Crippen LogP contribution in [0.4, 0.5) is 0 Å². The molecule has 0 amide bonds. The molecule has 0 unspecified atom stereocenters. The van der Waals surface area contributed by atoms with E-state index in [0.29, 0.717) is 4.88 Å². The number of hydrogen-bond acceptors (Lipinski definition) is 5. The van der Waals surface area contributed by atoms with Crippen molar-refractivity contribution in [3.63, 3.8) is 0 Å². The maximum atomic E-state index is 9.08. The van der Waals surface area contributed by atoms with Gasteiger partial charge < -0.3 is 0 Å². The maximum absolute atomic E-state index is 9.08. The van der Waals surface area contributed by atoms with Crippen molar-refractivity contribution < 1.29 is 0 Å². The van der Waals surface area contributed by atoms with E-state index in [1.165, 1.54) is 15.5 Å². The highest BCUT2D eigenvalue weighted by Crippen LogP contribution is 2.39. The van der Waals surface area contributed by atoms with E-state index in [9.17, 15) is 0 Å². The number of nitrogens with zero attached hydrogens (tertiary/aromatic N) is 3. The fraction of sp³-hybridized carbons (Fsp3) is 0.0833. The van der Waals surface area contributed by atoms with E-state index in [1.807, 2.05) is 18.4 Å². The molecule has 0 fully saturated rings. The molecule has 3 nitrogen and oxygen atoms in total. The standard InChI is InChI=1S/C12H5N3S3/c1-15-8(6-14)7(5-13)9-3-10-11(17-9)4-12(16-2)18-10/h3-4H,2H3. The first-order chi connectivity index (χ1) is 8.73. The molecule has 2 heterocycles. The first-order valence-electron chi connectivity index (χ1n) is 4.73. The van der Waals surface area contributed by atoms with Crippen LogP contribution < -0.4 is 0 Å². The van der Waals surface area contributed by atoms with Crippen LogP contribution in [0, 0.1) is 29.2 Å². The molecule has 2 aromatic heterocycles. The molecule has 0 bridgehead atoms. The van der Waals surface area contributed by atoms with Gasteiger partial charge in [0.2, 0.25) is 0 Å². The van der Waals surface area contributed by atoms with Crippen LogP contribution in [-0.2, 0) is 0 Å². The predicted molar refractivity (Wildman–Crippen MR) is 76.2 cm³/mol. The number of hydrogen-bond donors (Lipinski definition) is 0. The molecular weight excluding hydrogens is 282 g/mol. The summed E-state index contributed by atoms with van der Waals surface area (Å²) in [4.78, 5) is 3.79. The van der Waals surface area contributed by atoms with Gasteiger partial charge in [-0.3, -0.25) is 0 Å². The Labute approximate surface area is 116 Å². The highest BCUT2D eigenvalue weighted by Gasteiger charge is 2.14. The average Bonchev–Trinajstić information content (AvgIpc) is 2.93. The van der Waals surface area contributed by atoms with Crippen molar-refractivity contribution in [1.29, 1.82) is 10.5 Å². The molecule has 0 aromatic carbocycles. The van der Waals surface area contributed by atoms with Crippen molar-refractivity contribution in [2.45, 2.75) is 4.21 Å². The van der Waals surface area contributed by atoms with Gasteiger partial charge in [-0.05, 0) is 18.4 Å². The zero-order valence-electron chi connectivity index (χ0n) is 9.22. The molecule has 0 N–H and O–H groups in total. The highest BCUT2D eigenvalue weighted by atomic mass is 32.2. The molecule has 2 rings (SSSR count). The number of allylic oxidation sites excluding steroid dienone is 2. The minimum atomic E-state index is -0.142. The Morgan fingerprint density at radius 2 is 2.00 bits per heavy atom. The van der Waals surface area contributed by atoms with E-state index in [2.05, 4.69) is 10.9 Å². The number of thioether (sulfide) groups is 1. The first kappa shape index (κ1) is 12.7. The molecule has 0 atom stereocenters. The summed E-state index contributed by atoms with van der Waals surface area (Å²) in [5.74, 6) is 0. The third-order valence-electron chi connectivity index (χ3n) is 2.20. The largest absolute Gasteiger partial charge is 0.280 e. The van der Waals surface area contributed by atoms with Crippen LogP contribution in [-0.4, -0.2) is 6.26 Å². The second kappa shape index (κ2) is 5.25. The van der Waals surface area contributed by atoms with E-state index < -0.39 is 0 Å². The van der Waals surface area contributed by atoms with Crippen LogP contribution in [0.5, 0.6) is 0 Å². The summed E-state index contributed by atoms with van der Waals surface area (Å²) in [6.45, 7) is 6.90. The summed E-state index contributed by atoms with van der Waals surface area (Å²) < 4.78 is 3.40. The van der Waals surface area contributed by atoms with Crippen molar-refractivity contribution >= 4 is 49.4 Å². The lowest BCUT2D eigenvalue weighted by atomic mass is 10.2. The normalized spacial score (nSPS) is 11.4. The van der Waals surface area contributed by atoms with Crippen LogP contribution in [0.2, 0.25) is 0 Å². The fourth-order valence-corrected chi connectivity index (χ4v) is 4.44. The van der Waals surface area contributed by atoms with E-state index in [-0.39, 0.29) is 11.3 Å². The Hall–Kier alpha value is -1.78.